The Morgan fingerprint density at radius 3 is 2.89 bits per heavy atom. The lowest BCUT2D eigenvalue weighted by molar-refractivity contribution is 0.311. The van der Waals surface area contributed by atoms with Gasteiger partial charge in [0.25, 0.3) is 0 Å². The number of nitrogens with one attached hydrogen (secondary N) is 1. The Labute approximate surface area is 114 Å². The third-order valence-corrected chi connectivity index (χ3v) is 5.05. The Kier molecular flexibility index (Phi) is 4.27. The van der Waals surface area contributed by atoms with Crippen LogP contribution in [-0.4, -0.2) is 61.8 Å². The van der Waals surface area contributed by atoms with Crippen LogP contribution in [0, 0.1) is 0 Å². The molecule has 0 saturated carbocycles. The molecular formula is C12H22N4O2S. The summed E-state index contributed by atoms with van der Waals surface area (Å²) in [5, 5.41) is 7.02. The highest BCUT2D eigenvalue weighted by atomic mass is 32.2. The zero-order chi connectivity index (χ0) is 14.0. The van der Waals surface area contributed by atoms with E-state index >= 15 is 0 Å². The summed E-state index contributed by atoms with van der Waals surface area (Å²) in [6, 6.07) is 0. The standard InChI is InChI=1S/C12H22N4O2S/c1-13-6-11(19(3,17)18)9-16-8-10-7-15(2)5-4-12(10)14-16/h8,11,13H,4-7,9H2,1-3H3. The van der Waals surface area contributed by atoms with E-state index < -0.39 is 15.1 Å². The van der Waals surface area contributed by atoms with Gasteiger partial charge in [-0.2, -0.15) is 5.10 Å². The molecular weight excluding hydrogens is 264 g/mol. The van der Waals surface area contributed by atoms with Crippen molar-refractivity contribution in [1.29, 1.82) is 0 Å². The van der Waals surface area contributed by atoms with E-state index in [9.17, 15) is 8.42 Å². The number of hydrogen-bond acceptors (Lipinski definition) is 5. The van der Waals surface area contributed by atoms with Gasteiger partial charge in [0.05, 0.1) is 17.5 Å². The maximum Gasteiger partial charge on any atom is 0.153 e. The smallest absolute Gasteiger partial charge is 0.153 e. The van der Waals surface area contributed by atoms with Gasteiger partial charge in [0, 0.05) is 44.1 Å². The fraction of sp³-hybridized carbons (Fsp3) is 0.750. The van der Waals surface area contributed by atoms with E-state index in [4.69, 9.17) is 0 Å². The van der Waals surface area contributed by atoms with Crippen molar-refractivity contribution >= 4 is 9.84 Å². The van der Waals surface area contributed by atoms with Crippen LogP contribution in [-0.2, 0) is 29.3 Å². The van der Waals surface area contributed by atoms with Crippen LogP contribution in [0.15, 0.2) is 6.20 Å². The van der Waals surface area contributed by atoms with Crippen LogP contribution in [0.3, 0.4) is 0 Å². The van der Waals surface area contributed by atoms with Gasteiger partial charge in [-0.1, -0.05) is 0 Å². The van der Waals surface area contributed by atoms with E-state index in [2.05, 4.69) is 22.4 Å². The van der Waals surface area contributed by atoms with Crippen LogP contribution in [0.4, 0.5) is 0 Å². The number of fused-ring (bicyclic) bond motifs is 1. The number of likely N-dealkylation sites (N-methyl/N-ethyl adjacent to an activating group) is 1. The van der Waals surface area contributed by atoms with Crippen LogP contribution in [0.25, 0.3) is 0 Å². The van der Waals surface area contributed by atoms with Crippen LogP contribution >= 0.6 is 0 Å². The first kappa shape index (κ1) is 14.5. The molecule has 1 aliphatic rings. The quantitative estimate of drug-likeness (QED) is 0.791. The van der Waals surface area contributed by atoms with Gasteiger partial charge in [-0.3, -0.25) is 4.68 Å². The third kappa shape index (κ3) is 3.55. The Morgan fingerprint density at radius 2 is 2.26 bits per heavy atom. The van der Waals surface area contributed by atoms with Gasteiger partial charge in [-0.15, -0.1) is 0 Å². The molecule has 0 aromatic carbocycles. The molecule has 2 heterocycles. The summed E-state index contributed by atoms with van der Waals surface area (Å²) in [5.41, 5.74) is 2.32. The maximum atomic E-state index is 11.7. The van der Waals surface area contributed by atoms with Crippen molar-refractivity contribution in [3.8, 4) is 0 Å². The summed E-state index contributed by atoms with van der Waals surface area (Å²) in [7, 11) is 0.778. The first-order chi connectivity index (χ1) is 8.90. The largest absolute Gasteiger partial charge is 0.318 e. The van der Waals surface area contributed by atoms with Gasteiger partial charge in [-0.05, 0) is 14.1 Å². The van der Waals surface area contributed by atoms with Crippen molar-refractivity contribution < 1.29 is 8.42 Å². The van der Waals surface area contributed by atoms with Crippen molar-refractivity contribution in [1.82, 2.24) is 20.0 Å². The molecule has 1 aromatic heterocycles. The molecule has 7 heteroatoms. The molecule has 1 aromatic rings. The van der Waals surface area contributed by atoms with Gasteiger partial charge in [0.1, 0.15) is 0 Å². The molecule has 0 bridgehead atoms. The Hall–Kier alpha value is -0.920. The van der Waals surface area contributed by atoms with E-state index in [1.165, 1.54) is 11.8 Å². The molecule has 2 rings (SSSR count). The summed E-state index contributed by atoms with van der Waals surface area (Å²) in [4.78, 5) is 2.25. The summed E-state index contributed by atoms with van der Waals surface area (Å²) >= 11 is 0. The zero-order valence-electron chi connectivity index (χ0n) is 11.8. The van der Waals surface area contributed by atoms with Crippen molar-refractivity contribution in [2.24, 2.45) is 0 Å². The lowest BCUT2D eigenvalue weighted by atomic mass is 10.1. The van der Waals surface area contributed by atoms with Gasteiger partial charge < -0.3 is 10.2 Å². The van der Waals surface area contributed by atoms with Crippen LogP contribution in [0.2, 0.25) is 0 Å². The topological polar surface area (TPSA) is 67.2 Å². The van der Waals surface area contributed by atoms with Crippen molar-refractivity contribution in [2.45, 2.75) is 24.8 Å². The van der Waals surface area contributed by atoms with E-state index in [0.717, 1.165) is 25.2 Å². The van der Waals surface area contributed by atoms with Gasteiger partial charge in [-0.25, -0.2) is 8.42 Å². The number of rotatable bonds is 5. The predicted octanol–water partition coefficient (Wildman–Crippen LogP) is -0.496. The molecule has 1 unspecified atom stereocenters. The van der Waals surface area contributed by atoms with E-state index in [1.54, 1.807) is 11.7 Å². The number of sulfone groups is 1. The first-order valence-corrected chi connectivity index (χ1v) is 8.43. The molecule has 0 amide bonds. The molecule has 0 spiro atoms. The second-order valence-corrected chi connectivity index (χ2v) is 7.65. The predicted molar refractivity (Wildman–Crippen MR) is 74.8 cm³/mol. The molecule has 6 nitrogen and oxygen atoms in total. The molecule has 1 aliphatic heterocycles. The number of aromatic nitrogens is 2. The zero-order valence-corrected chi connectivity index (χ0v) is 12.6. The van der Waals surface area contributed by atoms with Crippen LogP contribution in [0.5, 0.6) is 0 Å². The molecule has 1 atom stereocenters. The minimum atomic E-state index is -3.07. The fourth-order valence-electron chi connectivity index (χ4n) is 2.39. The monoisotopic (exact) mass is 286 g/mol. The Balaban J connectivity index is 2.14. The van der Waals surface area contributed by atoms with Crippen molar-refractivity contribution in [3.05, 3.63) is 17.5 Å². The molecule has 0 aliphatic carbocycles. The second-order valence-electron chi connectivity index (χ2n) is 5.32. The fourth-order valence-corrected chi connectivity index (χ4v) is 3.29. The molecule has 0 saturated heterocycles. The Bertz CT molecular complexity index is 538. The number of nitrogens with zero attached hydrogens (tertiary/aromatic N) is 3. The number of hydrogen-bond donors (Lipinski definition) is 1. The Morgan fingerprint density at radius 1 is 1.53 bits per heavy atom. The summed E-state index contributed by atoms with van der Waals surface area (Å²) in [5.74, 6) is 0. The molecule has 0 fully saturated rings. The van der Waals surface area contributed by atoms with Crippen molar-refractivity contribution in [3.63, 3.8) is 0 Å². The first-order valence-electron chi connectivity index (χ1n) is 6.47. The maximum absolute atomic E-state index is 11.7. The van der Waals surface area contributed by atoms with Crippen molar-refractivity contribution in [2.75, 3.05) is 33.4 Å². The average molecular weight is 286 g/mol. The van der Waals surface area contributed by atoms with Gasteiger partial charge >= 0.3 is 0 Å². The molecule has 108 valence electrons. The summed E-state index contributed by atoms with van der Waals surface area (Å²) in [6.45, 7) is 2.76. The summed E-state index contributed by atoms with van der Waals surface area (Å²) in [6.07, 6.45) is 4.21. The summed E-state index contributed by atoms with van der Waals surface area (Å²) < 4.78 is 25.2. The average Bonchev–Trinajstić information content (AvgIpc) is 2.68. The van der Waals surface area contributed by atoms with E-state index in [-0.39, 0.29) is 0 Å². The van der Waals surface area contributed by atoms with E-state index in [0.29, 0.717) is 13.1 Å². The molecule has 0 radical (unpaired) electrons. The SMILES string of the molecule is CNCC(Cn1cc2c(n1)CCN(C)C2)S(C)(=O)=O. The minimum absolute atomic E-state index is 0.413. The minimum Gasteiger partial charge on any atom is -0.318 e. The second kappa shape index (κ2) is 5.60. The third-order valence-electron chi connectivity index (χ3n) is 3.52. The molecule has 1 N–H and O–H groups in total. The molecule has 19 heavy (non-hydrogen) atoms. The van der Waals surface area contributed by atoms with E-state index in [1.807, 2.05) is 6.20 Å². The van der Waals surface area contributed by atoms with Crippen LogP contribution < -0.4 is 5.32 Å². The highest BCUT2D eigenvalue weighted by molar-refractivity contribution is 7.91. The normalized spacial score (nSPS) is 18.3. The van der Waals surface area contributed by atoms with Crippen LogP contribution in [0.1, 0.15) is 11.3 Å². The van der Waals surface area contributed by atoms with Gasteiger partial charge in [0.15, 0.2) is 9.84 Å². The van der Waals surface area contributed by atoms with Gasteiger partial charge in [0.2, 0.25) is 0 Å². The highest BCUT2D eigenvalue weighted by Gasteiger charge is 2.23. The lowest BCUT2D eigenvalue weighted by Gasteiger charge is -2.20. The lowest BCUT2D eigenvalue weighted by Crippen LogP contribution is -2.35. The highest BCUT2D eigenvalue weighted by Crippen LogP contribution is 2.16.